The highest BCUT2D eigenvalue weighted by Gasteiger charge is 2.18. The molecule has 0 aromatic rings. The highest BCUT2D eigenvalue weighted by molar-refractivity contribution is 6.69. The van der Waals surface area contributed by atoms with Gasteiger partial charge in [-0.15, -0.1) is 0 Å². The Morgan fingerprint density at radius 3 is 1.53 bits per heavy atom. The van der Waals surface area contributed by atoms with Crippen LogP contribution in [-0.2, 0) is 4.80 Å². The Bertz CT molecular complexity index is 129. The Balaban J connectivity index is 2.99. The molecule has 1 nitrogen and oxygen atoms in total. The number of unbranched alkanes of at least 4 members (excludes halogenated alkanes) is 8. The van der Waals surface area contributed by atoms with E-state index in [-0.39, 0.29) is 0 Å². The van der Waals surface area contributed by atoms with E-state index in [4.69, 9.17) is 0 Å². The summed E-state index contributed by atoms with van der Waals surface area (Å²) in [6.45, 7) is 6.12. The van der Waals surface area contributed by atoms with Crippen molar-refractivity contribution in [3.8, 4) is 0 Å². The van der Waals surface area contributed by atoms with Gasteiger partial charge in [-0.1, -0.05) is 64.7 Å². The summed E-state index contributed by atoms with van der Waals surface area (Å²) >= 11 is 0. The van der Waals surface area contributed by atoms with Gasteiger partial charge in [-0.05, 0) is 19.1 Å². The lowest BCUT2D eigenvalue weighted by Crippen LogP contribution is -2.21. The van der Waals surface area contributed by atoms with Crippen LogP contribution in [0.4, 0.5) is 0 Å². The molecule has 0 aromatic heterocycles. The van der Waals surface area contributed by atoms with Crippen LogP contribution in [0.2, 0.25) is 19.1 Å². The van der Waals surface area contributed by atoms with Crippen molar-refractivity contribution < 1.29 is 4.80 Å². The van der Waals surface area contributed by atoms with Gasteiger partial charge >= 0.3 is 0 Å². The molecule has 0 saturated carbocycles. The molecule has 0 saturated heterocycles. The van der Waals surface area contributed by atoms with E-state index >= 15 is 0 Å². The van der Waals surface area contributed by atoms with Crippen LogP contribution >= 0.6 is 0 Å². The summed E-state index contributed by atoms with van der Waals surface area (Å²) < 4.78 is 0. The number of hydrogen-bond donors (Lipinski definition) is 0. The molecule has 0 aliphatic rings. The molecular formula is C13H29OSi. The Labute approximate surface area is 97.4 Å². The minimum Gasteiger partial charge on any atom is -0.298 e. The maximum Gasteiger partial charge on any atom is 0.231 e. The van der Waals surface area contributed by atoms with E-state index < -0.39 is 8.32 Å². The van der Waals surface area contributed by atoms with Crippen molar-refractivity contribution in [3.63, 3.8) is 0 Å². The number of hydrogen-bond acceptors (Lipinski definition) is 0. The van der Waals surface area contributed by atoms with Crippen LogP contribution in [0.1, 0.15) is 64.7 Å². The minimum atomic E-state index is -1.99. The van der Waals surface area contributed by atoms with E-state index in [2.05, 4.69) is 6.92 Å². The molecule has 0 bridgehead atoms. The maximum atomic E-state index is 11.4. The van der Waals surface area contributed by atoms with Gasteiger partial charge in [0.05, 0.1) is 0 Å². The molecule has 0 heterocycles. The van der Waals surface area contributed by atoms with Crippen LogP contribution in [0, 0.1) is 0 Å². The lowest BCUT2D eigenvalue weighted by molar-refractivity contribution is 0.423. The smallest absolute Gasteiger partial charge is 0.231 e. The van der Waals surface area contributed by atoms with E-state index in [1.165, 1.54) is 57.8 Å². The van der Waals surface area contributed by atoms with Gasteiger partial charge in [0.15, 0.2) is 0 Å². The van der Waals surface area contributed by atoms with Crippen molar-refractivity contribution in [2.45, 2.75) is 83.8 Å². The molecule has 0 atom stereocenters. The Morgan fingerprint density at radius 1 is 0.733 bits per heavy atom. The fraction of sp³-hybridized carbons (Fsp3) is 1.00. The predicted octanol–water partition coefficient (Wildman–Crippen LogP) is 5.15. The van der Waals surface area contributed by atoms with Crippen molar-refractivity contribution in [1.82, 2.24) is 0 Å². The number of rotatable bonds is 10. The lowest BCUT2D eigenvalue weighted by Gasteiger charge is -2.09. The van der Waals surface area contributed by atoms with Gasteiger partial charge in [0.2, 0.25) is 8.32 Å². The average Bonchev–Trinajstić information content (AvgIpc) is 2.14. The van der Waals surface area contributed by atoms with E-state index in [0.717, 1.165) is 6.04 Å². The molecule has 2 heteroatoms. The molecule has 0 unspecified atom stereocenters. The summed E-state index contributed by atoms with van der Waals surface area (Å²) in [4.78, 5) is 11.4. The zero-order chi connectivity index (χ0) is 11.6. The molecule has 0 rings (SSSR count). The first-order valence-electron chi connectivity index (χ1n) is 6.76. The third kappa shape index (κ3) is 14.2. The van der Waals surface area contributed by atoms with E-state index in [0.29, 0.717) is 0 Å². The van der Waals surface area contributed by atoms with Crippen molar-refractivity contribution in [2.24, 2.45) is 0 Å². The van der Waals surface area contributed by atoms with Crippen LogP contribution in [0.25, 0.3) is 0 Å². The van der Waals surface area contributed by atoms with E-state index in [9.17, 15) is 4.80 Å². The summed E-state index contributed by atoms with van der Waals surface area (Å²) in [5, 5.41) is 0. The molecule has 0 aliphatic carbocycles. The van der Waals surface area contributed by atoms with Gasteiger partial charge in [-0.25, -0.2) is 0 Å². The molecule has 91 valence electrons. The summed E-state index contributed by atoms with van der Waals surface area (Å²) in [7, 11) is -1.99. The third-order valence-electron chi connectivity index (χ3n) is 2.88. The van der Waals surface area contributed by atoms with E-state index in [1.54, 1.807) is 0 Å². The monoisotopic (exact) mass is 229 g/mol. The summed E-state index contributed by atoms with van der Waals surface area (Å²) in [5.41, 5.74) is 0. The standard InChI is InChI=1S/C13H29OSi/c1-4-5-6-7-8-9-10-11-12-13-15(2,3)14/h4-13H2,1-3H3. The van der Waals surface area contributed by atoms with Gasteiger partial charge in [0, 0.05) is 0 Å². The van der Waals surface area contributed by atoms with Crippen molar-refractivity contribution in [2.75, 3.05) is 0 Å². The first-order chi connectivity index (χ1) is 7.06. The second-order valence-electron chi connectivity index (χ2n) is 5.34. The summed E-state index contributed by atoms with van der Waals surface area (Å²) in [6, 6.07) is 0.975. The van der Waals surface area contributed by atoms with Crippen LogP contribution < -0.4 is 0 Å². The van der Waals surface area contributed by atoms with Crippen molar-refractivity contribution >= 4 is 8.32 Å². The van der Waals surface area contributed by atoms with E-state index in [1.807, 2.05) is 13.1 Å². The van der Waals surface area contributed by atoms with Gasteiger partial charge in [0.25, 0.3) is 0 Å². The zero-order valence-electron chi connectivity index (χ0n) is 11.0. The quantitative estimate of drug-likeness (QED) is 0.364. The first-order valence-corrected chi connectivity index (χ1v) is 9.88. The summed E-state index contributed by atoms with van der Waals surface area (Å²) in [6.07, 6.45) is 12.1. The fourth-order valence-electron chi connectivity index (χ4n) is 1.86. The second-order valence-corrected chi connectivity index (χ2v) is 9.36. The topological polar surface area (TPSA) is 19.9 Å². The highest BCUT2D eigenvalue weighted by atomic mass is 28.4. The predicted molar refractivity (Wildman–Crippen MR) is 70.2 cm³/mol. The summed E-state index contributed by atoms with van der Waals surface area (Å²) in [5.74, 6) is 0. The van der Waals surface area contributed by atoms with Crippen LogP contribution in [0.15, 0.2) is 0 Å². The maximum absolute atomic E-state index is 11.4. The highest BCUT2D eigenvalue weighted by Crippen LogP contribution is 2.14. The van der Waals surface area contributed by atoms with Crippen LogP contribution in [0.3, 0.4) is 0 Å². The lowest BCUT2D eigenvalue weighted by atomic mass is 10.1. The SMILES string of the molecule is CCCCCCCCCCC[Si](C)(C)[O]. The van der Waals surface area contributed by atoms with Crippen LogP contribution in [-0.4, -0.2) is 8.32 Å². The Kier molecular flexibility index (Phi) is 9.52. The van der Waals surface area contributed by atoms with Gasteiger partial charge < -0.3 is 0 Å². The van der Waals surface area contributed by atoms with Gasteiger partial charge in [-0.3, -0.25) is 4.80 Å². The molecule has 0 fully saturated rings. The molecule has 1 radical (unpaired) electrons. The van der Waals surface area contributed by atoms with Crippen molar-refractivity contribution in [1.29, 1.82) is 0 Å². The Hall–Kier alpha value is 0.177. The molecule has 0 N–H and O–H groups in total. The van der Waals surface area contributed by atoms with Crippen molar-refractivity contribution in [3.05, 3.63) is 0 Å². The largest absolute Gasteiger partial charge is 0.298 e. The molecule has 0 aliphatic heterocycles. The molecule has 0 spiro atoms. The average molecular weight is 229 g/mol. The first kappa shape index (κ1) is 15.2. The normalized spacial score (nSPS) is 12.0. The Morgan fingerprint density at radius 2 is 1.13 bits per heavy atom. The van der Waals surface area contributed by atoms with Gasteiger partial charge in [-0.2, -0.15) is 0 Å². The second kappa shape index (κ2) is 9.41. The molecule has 15 heavy (non-hydrogen) atoms. The minimum absolute atomic E-state index is 0.975. The van der Waals surface area contributed by atoms with Gasteiger partial charge in [0.1, 0.15) is 0 Å². The molecule has 0 amide bonds. The van der Waals surface area contributed by atoms with Crippen LogP contribution in [0.5, 0.6) is 0 Å². The fourth-order valence-corrected chi connectivity index (χ4v) is 2.96. The zero-order valence-corrected chi connectivity index (χ0v) is 12.0. The molecular weight excluding hydrogens is 200 g/mol. The third-order valence-corrected chi connectivity index (χ3v) is 4.44. The molecule has 0 aromatic carbocycles.